The monoisotopic (exact) mass is 657 g/mol. The van der Waals surface area contributed by atoms with E-state index < -0.39 is 54.1 Å². The van der Waals surface area contributed by atoms with Crippen LogP contribution >= 0.6 is 33.2 Å². The number of carboxylic acid groups (broad SMARTS) is 2. The van der Waals surface area contributed by atoms with Crippen LogP contribution in [0, 0.1) is 0 Å². The van der Waals surface area contributed by atoms with Gasteiger partial charge in [-0.25, -0.2) is 9.59 Å². The number of rotatable bonds is 17. The molecule has 1 heterocycles. The highest BCUT2D eigenvalue weighted by atomic mass is 35.5. The Morgan fingerprint density at radius 1 is 1.16 bits per heavy atom. The summed E-state index contributed by atoms with van der Waals surface area (Å²) in [4.78, 5) is 73.9. The minimum atomic E-state index is -1.16. The Bertz CT molecular complexity index is 1230. The Labute approximate surface area is 262 Å². The quantitative estimate of drug-likeness (QED) is 0.109. The Hall–Kier alpha value is -2.91. The van der Waals surface area contributed by atoms with Gasteiger partial charge in [-0.1, -0.05) is 51.4 Å². The summed E-state index contributed by atoms with van der Waals surface area (Å²) in [6.45, 7) is 1.87. The fraction of sp³-hybridized carbons (Fsp3) is 0.500. The van der Waals surface area contributed by atoms with Gasteiger partial charge >= 0.3 is 17.9 Å². The predicted octanol–water partition coefficient (Wildman–Crippen LogP) is 2.64. The van der Waals surface area contributed by atoms with Gasteiger partial charge in [-0.15, -0.1) is 0 Å². The molecule has 1 aliphatic rings. The van der Waals surface area contributed by atoms with Crippen molar-refractivity contribution in [3.05, 3.63) is 46.5 Å². The number of piperidine rings is 1. The minimum Gasteiger partial charge on any atom is -0.481 e. The molecule has 1 fully saturated rings. The highest BCUT2D eigenvalue weighted by Crippen LogP contribution is 2.39. The van der Waals surface area contributed by atoms with Crippen molar-refractivity contribution in [1.29, 1.82) is 0 Å². The number of ketones is 2. The number of carboxylic acids is 2. The molecule has 5 N–H and O–H groups in total. The molecule has 12 nitrogen and oxygen atoms in total. The fourth-order valence-electron chi connectivity index (χ4n) is 4.36. The van der Waals surface area contributed by atoms with Crippen molar-refractivity contribution < 1.29 is 43.7 Å². The summed E-state index contributed by atoms with van der Waals surface area (Å²) in [5, 5.41) is 21.2. The Kier molecular flexibility index (Phi) is 15.2. The second kappa shape index (κ2) is 18.0. The van der Waals surface area contributed by atoms with Crippen molar-refractivity contribution >= 4 is 68.6 Å². The van der Waals surface area contributed by atoms with Crippen LogP contribution in [0.2, 0.25) is 5.02 Å². The Morgan fingerprint density at radius 3 is 2.47 bits per heavy atom. The molecule has 4 unspecified atom stereocenters. The van der Waals surface area contributed by atoms with Crippen molar-refractivity contribution in [3.63, 3.8) is 0 Å². The lowest BCUT2D eigenvalue weighted by atomic mass is 9.98. The predicted molar refractivity (Wildman–Crippen MR) is 164 cm³/mol. The molecule has 1 aliphatic heterocycles. The average Bonchev–Trinajstić information content (AvgIpc) is 2.95. The number of benzene rings is 1. The van der Waals surface area contributed by atoms with Gasteiger partial charge in [-0.2, -0.15) is 0 Å². The molecule has 1 saturated heterocycles. The van der Waals surface area contributed by atoms with Gasteiger partial charge in [0.25, 0.3) is 0 Å². The molecule has 4 atom stereocenters. The van der Waals surface area contributed by atoms with E-state index in [4.69, 9.17) is 27.2 Å². The first kappa shape index (κ1) is 36.3. The van der Waals surface area contributed by atoms with E-state index >= 15 is 0 Å². The molecule has 0 bridgehead atoms. The number of methoxy groups -OCH3 is 1. The van der Waals surface area contributed by atoms with Crippen LogP contribution in [0.5, 0.6) is 0 Å². The maximum atomic E-state index is 12.8. The van der Waals surface area contributed by atoms with Gasteiger partial charge in [-0.3, -0.25) is 24.1 Å². The number of ether oxygens (including phenoxy) is 1. The van der Waals surface area contributed by atoms with Crippen molar-refractivity contribution in [1.82, 2.24) is 10.2 Å². The number of carbonyl (C=O) groups is 6. The molecule has 0 aromatic heterocycles. The summed E-state index contributed by atoms with van der Waals surface area (Å²) in [5.41, 5.74) is 6.76. The van der Waals surface area contributed by atoms with E-state index in [-0.39, 0.29) is 42.6 Å². The van der Waals surface area contributed by atoms with Gasteiger partial charge in [0.05, 0.1) is 25.6 Å². The summed E-state index contributed by atoms with van der Waals surface area (Å²) in [6.07, 6.45) is 0.898. The molecule has 0 spiro atoms. The third-order valence-corrected chi connectivity index (χ3v) is 9.94. The fourth-order valence-corrected chi connectivity index (χ4v) is 7.51. The minimum absolute atomic E-state index is 0.0853. The second-order valence-corrected chi connectivity index (χ2v) is 12.9. The van der Waals surface area contributed by atoms with E-state index in [0.29, 0.717) is 29.1 Å². The van der Waals surface area contributed by atoms with E-state index in [1.54, 1.807) is 29.2 Å². The molecule has 43 heavy (non-hydrogen) atoms. The molecule has 1 aromatic carbocycles. The van der Waals surface area contributed by atoms with E-state index in [0.717, 1.165) is 6.08 Å². The van der Waals surface area contributed by atoms with Crippen LogP contribution in [0.3, 0.4) is 0 Å². The second-order valence-electron chi connectivity index (χ2n) is 9.87. The first-order valence-electron chi connectivity index (χ1n) is 13.4. The Balaban J connectivity index is 2.13. The van der Waals surface area contributed by atoms with Crippen LogP contribution in [-0.4, -0.2) is 93.8 Å². The number of nitrogens with two attached hydrogens (primary N) is 1. The lowest BCUT2D eigenvalue weighted by molar-refractivity contribution is -0.147. The number of likely N-dealkylation sites (tertiary alicyclic amines) is 1. The van der Waals surface area contributed by atoms with Crippen molar-refractivity contribution in [2.45, 2.75) is 62.4 Å². The van der Waals surface area contributed by atoms with E-state index in [2.05, 4.69) is 5.32 Å². The summed E-state index contributed by atoms with van der Waals surface area (Å²) < 4.78 is 5.03. The van der Waals surface area contributed by atoms with E-state index in [9.17, 15) is 33.9 Å². The standard InChI is InChI=1S/C28H36ClN3O9S2/c1-16(33)20(30)7-9-24(35)31-21(22(34)8-10-25(36)37)15-42-43-23-11-12-32(14-17(23)13-26(38)39)27(28(40)41-2)18-5-3-4-6-19(18)29/h3-6,13,20-21,23,27H,7-12,14-15,30H2,1-2H3,(H,31,35)(H,36,37)(H,38,39)/b17-13-. The van der Waals surface area contributed by atoms with Gasteiger partial charge in [0.1, 0.15) is 11.8 Å². The first-order valence-corrected chi connectivity index (χ1v) is 16.2. The molecule has 2 rings (SSSR count). The molecule has 0 aliphatic carbocycles. The highest BCUT2D eigenvalue weighted by molar-refractivity contribution is 8.77. The van der Waals surface area contributed by atoms with E-state index in [1.165, 1.54) is 35.6 Å². The SMILES string of the molecule is COC(=O)C(c1ccccc1Cl)N1CCC(SSCC(NC(=O)CCC(N)C(C)=O)C(=O)CCC(=O)O)/C(=C\C(=O)O)C1. The maximum absolute atomic E-state index is 12.8. The first-order chi connectivity index (χ1) is 20.3. The molecule has 0 radical (unpaired) electrons. The number of halogens is 1. The normalized spacial score (nSPS) is 18.3. The third kappa shape index (κ3) is 11.9. The number of nitrogens with zero attached hydrogens (tertiary/aromatic N) is 1. The van der Waals surface area contributed by atoms with Crippen molar-refractivity contribution in [2.75, 3.05) is 26.0 Å². The van der Waals surface area contributed by atoms with Gasteiger partial charge < -0.3 is 26.0 Å². The molecule has 1 amide bonds. The topological polar surface area (TPSA) is 193 Å². The van der Waals surface area contributed by atoms with E-state index in [1.807, 2.05) is 0 Å². The van der Waals surface area contributed by atoms with Crippen LogP contribution in [0.15, 0.2) is 35.9 Å². The molecule has 15 heteroatoms. The number of nitrogens with one attached hydrogen (secondary N) is 1. The Morgan fingerprint density at radius 2 is 1.86 bits per heavy atom. The maximum Gasteiger partial charge on any atom is 0.328 e. The van der Waals surface area contributed by atoms with Crippen molar-refractivity contribution in [2.24, 2.45) is 5.73 Å². The summed E-state index contributed by atoms with van der Waals surface area (Å²) in [7, 11) is 3.83. The molecule has 1 aromatic rings. The van der Waals surface area contributed by atoms with Crippen LogP contribution < -0.4 is 11.1 Å². The number of Topliss-reactive ketones (excluding diaryl/α,β-unsaturated/α-hetero) is 2. The highest BCUT2D eigenvalue weighted by Gasteiger charge is 2.36. The summed E-state index contributed by atoms with van der Waals surface area (Å²) in [6, 6.07) is 4.20. The smallest absolute Gasteiger partial charge is 0.328 e. The van der Waals surface area contributed by atoms with Gasteiger partial charge in [0.15, 0.2) is 5.78 Å². The van der Waals surface area contributed by atoms with Crippen LogP contribution in [0.1, 0.15) is 50.6 Å². The van der Waals surface area contributed by atoms with Gasteiger partial charge in [0, 0.05) is 48.0 Å². The van der Waals surface area contributed by atoms with Crippen LogP contribution in [-0.2, 0) is 33.5 Å². The van der Waals surface area contributed by atoms with Crippen molar-refractivity contribution in [3.8, 4) is 0 Å². The third-order valence-electron chi connectivity index (χ3n) is 6.71. The van der Waals surface area contributed by atoms with Gasteiger partial charge in [0.2, 0.25) is 5.91 Å². The molecular weight excluding hydrogens is 622 g/mol. The van der Waals surface area contributed by atoms with Crippen LogP contribution in [0.25, 0.3) is 0 Å². The van der Waals surface area contributed by atoms with Crippen LogP contribution in [0.4, 0.5) is 0 Å². The lowest BCUT2D eigenvalue weighted by Crippen LogP contribution is -2.44. The number of hydrogen-bond donors (Lipinski definition) is 4. The molecular formula is C28H36ClN3O9S2. The number of esters is 1. The zero-order valence-electron chi connectivity index (χ0n) is 23.8. The lowest BCUT2D eigenvalue weighted by Gasteiger charge is -2.38. The summed E-state index contributed by atoms with van der Waals surface area (Å²) in [5.74, 6) is -3.97. The zero-order valence-corrected chi connectivity index (χ0v) is 26.2. The molecule has 0 saturated carbocycles. The number of carbonyl (C=O) groups excluding carboxylic acids is 4. The zero-order chi connectivity index (χ0) is 32.1. The van der Waals surface area contributed by atoms with Gasteiger partial charge in [-0.05, 0) is 37.0 Å². The number of aliphatic carboxylic acids is 2. The number of amides is 1. The summed E-state index contributed by atoms with van der Waals surface area (Å²) >= 11 is 6.38. The number of hydrogen-bond acceptors (Lipinski definition) is 11. The largest absolute Gasteiger partial charge is 0.481 e. The molecule has 236 valence electrons. The average molecular weight is 658 g/mol.